The van der Waals surface area contributed by atoms with Gasteiger partial charge in [0, 0.05) is 5.92 Å². The minimum Gasteiger partial charge on any atom is -0.0990 e. The van der Waals surface area contributed by atoms with E-state index in [-0.39, 0.29) is 0 Å². The molecule has 0 saturated carbocycles. The van der Waals surface area contributed by atoms with Gasteiger partial charge in [-0.1, -0.05) is 29.5 Å². The van der Waals surface area contributed by atoms with Gasteiger partial charge in [-0.15, -0.1) is 0 Å². The Balaban J connectivity index is 2.27. The summed E-state index contributed by atoms with van der Waals surface area (Å²) >= 11 is 1.93. The Bertz CT molecular complexity index is 269. The van der Waals surface area contributed by atoms with Gasteiger partial charge in [0.1, 0.15) is 0 Å². The number of thioether (sulfide) groups is 1. The van der Waals surface area contributed by atoms with Gasteiger partial charge in [0.05, 0.1) is 0 Å². The van der Waals surface area contributed by atoms with E-state index in [0.29, 0.717) is 5.92 Å². The van der Waals surface area contributed by atoms with Crippen LogP contribution in [0.15, 0.2) is 33.6 Å². The Morgan fingerprint density at radius 2 is 2.27 bits per heavy atom. The fraction of sp³-hybridized carbons (Fsp3) is 0.400. The van der Waals surface area contributed by atoms with Gasteiger partial charge in [-0.2, -0.15) is 0 Å². The van der Waals surface area contributed by atoms with E-state index in [9.17, 15) is 0 Å². The monoisotopic (exact) mass is 164 g/mol. The standard InChI is InChI=1S/C10H12S/c1-7-3-4-9-6-8(2)11-10(9)5-7/h3,5-6,9H,4H2,1-2H3. The van der Waals surface area contributed by atoms with E-state index in [1.165, 1.54) is 16.9 Å². The maximum Gasteiger partial charge on any atom is 0.0127 e. The number of hydrogen-bond acceptors (Lipinski definition) is 1. The molecule has 1 heterocycles. The summed E-state index contributed by atoms with van der Waals surface area (Å²) in [4.78, 5) is 3.01. The Labute approximate surface area is 72.1 Å². The smallest absolute Gasteiger partial charge is 0.0127 e. The van der Waals surface area contributed by atoms with Gasteiger partial charge in [-0.3, -0.25) is 0 Å². The van der Waals surface area contributed by atoms with E-state index in [0.717, 1.165) is 0 Å². The average Bonchev–Trinajstić information content (AvgIpc) is 2.27. The van der Waals surface area contributed by atoms with Crippen LogP contribution in [0.3, 0.4) is 0 Å². The molecule has 0 amide bonds. The zero-order chi connectivity index (χ0) is 7.84. The average molecular weight is 164 g/mol. The molecule has 0 radical (unpaired) electrons. The summed E-state index contributed by atoms with van der Waals surface area (Å²) in [5, 5.41) is 0. The van der Waals surface area contributed by atoms with Gasteiger partial charge in [-0.25, -0.2) is 0 Å². The molecule has 0 aromatic rings. The summed E-state index contributed by atoms with van der Waals surface area (Å²) < 4.78 is 0. The summed E-state index contributed by atoms with van der Waals surface area (Å²) in [6.45, 7) is 4.37. The molecule has 1 unspecified atom stereocenters. The van der Waals surface area contributed by atoms with Gasteiger partial charge >= 0.3 is 0 Å². The van der Waals surface area contributed by atoms with Crippen molar-refractivity contribution in [2.24, 2.45) is 5.92 Å². The number of fused-ring (bicyclic) bond motifs is 1. The number of hydrogen-bond donors (Lipinski definition) is 0. The second-order valence-electron chi connectivity index (χ2n) is 3.22. The summed E-state index contributed by atoms with van der Waals surface area (Å²) in [5.74, 6) is 0.712. The Morgan fingerprint density at radius 3 is 3.09 bits per heavy atom. The Kier molecular flexibility index (Phi) is 1.68. The maximum absolute atomic E-state index is 2.37. The highest BCUT2D eigenvalue weighted by Gasteiger charge is 2.21. The van der Waals surface area contributed by atoms with Crippen LogP contribution in [0.5, 0.6) is 0 Å². The van der Waals surface area contributed by atoms with Crippen molar-refractivity contribution in [2.45, 2.75) is 20.3 Å². The van der Waals surface area contributed by atoms with Crippen LogP contribution in [-0.2, 0) is 0 Å². The van der Waals surface area contributed by atoms with Crippen molar-refractivity contribution >= 4 is 11.8 Å². The topological polar surface area (TPSA) is 0 Å². The molecule has 0 nitrogen and oxygen atoms in total. The molecule has 2 aliphatic rings. The molecule has 0 aromatic carbocycles. The molecular formula is C10H12S. The van der Waals surface area contributed by atoms with Crippen molar-refractivity contribution in [3.63, 3.8) is 0 Å². The van der Waals surface area contributed by atoms with E-state index >= 15 is 0 Å². The van der Waals surface area contributed by atoms with Crippen molar-refractivity contribution in [3.8, 4) is 0 Å². The van der Waals surface area contributed by atoms with Crippen LogP contribution < -0.4 is 0 Å². The molecule has 0 N–H and O–H groups in total. The van der Waals surface area contributed by atoms with Crippen LogP contribution in [0.4, 0.5) is 0 Å². The van der Waals surface area contributed by atoms with Crippen LogP contribution in [0.1, 0.15) is 20.3 Å². The molecule has 0 aromatic heterocycles. The second-order valence-corrected chi connectivity index (χ2v) is 4.54. The molecule has 1 heteroatoms. The van der Waals surface area contributed by atoms with Crippen LogP contribution in [0.2, 0.25) is 0 Å². The zero-order valence-corrected chi connectivity index (χ0v) is 7.74. The molecular weight excluding hydrogens is 152 g/mol. The minimum atomic E-state index is 0.712. The Morgan fingerprint density at radius 1 is 1.45 bits per heavy atom. The van der Waals surface area contributed by atoms with Crippen molar-refractivity contribution in [2.75, 3.05) is 0 Å². The largest absolute Gasteiger partial charge is 0.0990 e. The van der Waals surface area contributed by atoms with Gasteiger partial charge in [0.15, 0.2) is 0 Å². The third-order valence-corrected chi connectivity index (χ3v) is 3.26. The molecule has 1 atom stereocenters. The highest BCUT2D eigenvalue weighted by atomic mass is 32.2. The SMILES string of the molecule is CC1=CCC2C=C(C)SC2=C1. The summed E-state index contributed by atoms with van der Waals surface area (Å²) in [7, 11) is 0. The van der Waals surface area contributed by atoms with E-state index in [1.54, 1.807) is 4.91 Å². The third-order valence-electron chi connectivity index (χ3n) is 2.14. The van der Waals surface area contributed by atoms with E-state index < -0.39 is 0 Å². The highest BCUT2D eigenvalue weighted by molar-refractivity contribution is 8.07. The molecule has 1 aliphatic carbocycles. The molecule has 58 valence electrons. The molecule has 2 rings (SSSR count). The molecule has 1 aliphatic heterocycles. The lowest BCUT2D eigenvalue weighted by molar-refractivity contribution is 0.806. The fourth-order valence-corrected chi connectivity index (χ4v) is 2.74. The summed E-state index contributed by atoms with van der Waals surface area (Å²) in [6, 6.07) is 0. The van der Waals surface area contributed by atoms with Gasteiger partial charge in [0.2, 0.25) is 0 Å². The zero-order valence-electron chi connectivity index (χ0n) is 6.92. The first kappa shape index (κ1) is 7.23. The van der Waals surface area contributed by atoms with E-state index in [1.807, 2.05) is 11.8 Å². The molecule has 0 bridgehead atoms. The van der Waals surface area contributed by atoms with Gasteiger partial charge in [-0.05, 0) is 36.2 Å². The first-order valence-corrected chi connectivity index (χ1v) is 4.82. The first-order chi connectivity index (χ1) is 5.25. The van der Waals surface area contributed by atoms with Crippen LogP contribution >= 0.6 is 11.8 Å². The third kappa shape index (κ3) is 1.30. The van der Waals surface area contributed by atoms with Crippen LogP contribution in [0.25, 0.3) is 0 Å². The molecule has 11 heavy (non-hydrogen) atoms. The lowest BCUT2D eigenvalue weighted by Gasteiger charge is -2.12. The van der Waals surface area contributed by atoms with Crippen molar-refractivity contribution in [1.29, 1.82) is 0 Å². The molecule has 0 saturated heterocycles. The second kappa shape index (κ2) is 2.56. The predicted octanol–water partition coefficient (Wildman–Crippen LogP) is 3.49. The Hall–Kier alpha value is -0.430. The molecule has 0 fully saturated rings. The number of rotatable bonds is 0. The van der Waals surface area contributed by atoms with E-state index in [4.69, 9.17) is 0 Å². The quantitative estimate of drug-likeness (QED) is 0.528. The lowest BCUT2D eigenvalue weighted by Crippen LogP contribution is -1.97. The van der Waals surface area contributed by atoms with Crippen molar-refractivity contribution in [1.82, 2.24) is 0 Å². The van der Waals surface area contributed by atoms with Crippen LogP contribution in [0, 0.1) is 5.92 Å². The normalized spacial score (nSPS) is 28.9. The first-order valence-electron chi connectivity index (χ1n) is 4.00. The predicted molar refractivity (Wildman–Crippen MR) is 51.3 cm³/mol. The molecule has 0 spiro atoms. The van der Waals surface area contributed by atoms with Crippen molar-refractivity contribution in [3.05, 3.63) is 33.6 Å². The highest BCUT2D eigenvalue weighted by Crippen LogP contribution is 2.43. The van der Waals surface area contributed by atoms with Gasteiger partial charge in [0.25, 0.3) is 0 Å². The minimum absolute atomic E-state index is 0.712. The van der Waals surface area contributed by atoms with E-state index in [2.05, 4.69) is 32.1 Å². The summed E-state index contributed by atoms with van der Waals surface area (Å²) in [6.07, 6.45) is 8.22. The fourth-order valence-electron chi connectivity index (χ4n) is 1.58. The maximum atomic E-state index is 2.37. The number of allylic oxidation sites excluding steroid dienone is 6. The summed E-state index contributed by atoms with van der Waals surface area (Å²) in [5.41, 5.74) is 1.42. The lowest BCUT2D eigenvalue weighted by atomic mass is 9.97. The van der Waals surface area contributed by atoms with Crippen molar-refractivity contribution < 1.29 is 0 Å². The van der Waals surface area contributed by atoms with Gasteiger partial charge < -0.3 is 0 Å². The van der Waals surface area contributed by atoms with Crippen LogP contribution in [-0.4, -0.2) is 0 Å².